The van der Waals surface area contributed by atoms with Crippen LogP contribution in [-0.2, 0) is 20.1 Å². The number of para-hydroxylation sites is 1. The molecular weight excluding hydrogens is 384 g/mol. The number of aryl methyl sites for hydroxylation is 2. The molecule has 5 rings (SSSR count). The minimum Gasteiger partial charge on any atom is -0.491 e. The number of hydrogen-bond donors (Lipinski definition) is 0. The maximum absolute atomic E-state index is 12.3. The summed E-state index contributed by atoms with van der Waals surface area (Å²) in [6.07, 6.45) is 2.75. The summed E-state index contributed by atoms with van der Waals surface area (Å²) in [6.45, 7) is 2.90. The molecule has 0 atom stereocenters. The maximum atomic E-state index is 12.3. The van der Waals surface area contributed by atoms with Gasteiger partial charge in [0.2, 0.25) is 5.88 Å². The van der Waals surface area contributed by atoms with Gasteiger partial charge in [-0.25, -0.2) is 9.48 Å². The number of nitrogens with zero attached hydrogens (tertiary/aromatic N) is 6. The molecule has 0 fully saturated rings. The Bertz CT molecular complexity index is 1290. The van der Waals surface area contributed by atoms with Gasteiger partial charge in [-0.15, -0.1) is 5.10 Å². The van der Waals surface area contributed by atoms with Crippen LogP contribution in [-0.4, -0.2) is 36.2 Å². The quantitative estimate of drug-likeness (QED) is 0.505. The predicted octanol–water partition coefficient (Wildman–Crippen LogP) is 1.97. The summed E-state index contributed by atoms with van der Waals surface area (Å²) in [7, 11) is 1.56. The van der Waals surface area contributed by atoms with Gasteiger partial charge in [0.1, 0.15) is 18.0 Å². The van der Waals surface area contributed by atoms with Crippen LogP contribution in [0.25, 0.3) is 11.4 Å². The van der Waals surface area contributed by atoms with E-state index in [9.17, 15) is 4.79 Å². The molecule has 0 saturated carbocycles. The second-order valence-electron chi connectivity index (χ2n) is 7.12. The van der Waals surface area contributed by atoms with Crippen molar-refractivity contribution in [2.45, 2.75) is 20.0 Å². The number of hydrogen-bond acceptors (Lipinski definition) is 6. The molecule has 0 radical (unpaired) electrons. The molecule has 0 spiro atoms. The molecule has 1 aliphatic heterocycles. The van der Waals surface area contributed by atoms with Crippen LogP contribution >= 0.6 is 0 Å². The van der Waals surface area contributed by atoms with E-state index in [-0.39, 0.29) is 12.3 Å². The van der Waals surface area contributed by atoms with Crippen LogP contribution in [0.5, 0.6) is 11.6 Å². The third-order valence-electron chi connectivity index (χ3n) is 5.20. The lowest BCUT2D eigenvalue weighted by molar-refractivity contribution is 0.290. The zero-order valence-corrected chi connectivity index (χ0v) is 16.6. The topological polar surface area (TPSA) is 89.0 Å². The van der Waals surface area contributed by atoms with Gasteiger partial charge in [0.05, 0.1) is 12.3 Å². The van der Waals surface area contributed by atoms with Crippen molar-refractivity contribution in [1.82, 2.24) is 29.6 Å². The van der Waals surface area contributed by atoms with Crippen LogP contribution in [0.15, 0.2) is 53.5 Å². The summed E-state index contributed by atoms with van der Waals surface area (Å²) in [5, 5.41) is 12.3. The fourth-order valence-electron chi connectivity index (χ4n) is 3.58. The molecule has 0 bridgehead atoms. The smallest absolute Gasteiger partial charge is 0.368 e. The molecule has 152 valence electrons. The molecule has 1 aliphatic rings. The first kappa shape index (κ1) is 18.2. The molecule has 3 heterocycles. The fourth-order valence-corrected chi connectivity index (χ4v) is 3.58. The minimum atomic E-state index is -0.316. The highest BCUT2D eigenvalue weighted by Gasteiger charge is 2.18. The highest BCUT2D eigenvalue weighted by molar-refractivity contribution is 5.53. The summed E-state index contributed by atoms with van der Waals surface area (Å²) in [4.78, 5) is 12.3. The van der Waals surface area contributed by atoms with Crippen LogP contribution in [0.4, 0.5) is 0 Å². The van der Waals surface area contributed by atoms with Gasteiger partial charge >= 0.3 is 5.69 Å². The fraction of sp³-hybridized carbons (Fsp3) is 0.238. The van der Waals surface area contributed by atoms with Gasteiger partial charge in [-0.05, 0) is 40.6 Å². The van der Waals surface area contributed by atoms with E-state index in [0.29, 0.717) is 18.2 Å². The highest BCUT2D eigenvalue weighted by Crippen LogP contribution is 2.32. The van der Waals surface area contributed by atoms with E-state index in [4.69, 9.17) is 9.47 Å². The second kappa shape index (κ2) is 7.18. The number of benzene rings is 2. The van der Waals surface area contributed by atoms with Crippen molar-refractivity contribution < 1.29 is 9.47 Å². The first-order chi connectivity index (χ1) is 14.6. The van der Waals surface area contributed by atoms with Crippen molar-refractivity contribution in [3.8, 4) is 23.0 Å². The molecular formula is C21H20N6O3. The van der Waals surface area contributed by atoms with E-state index in [0.717, 1.165) is 29.0 Å². The number of ether oxygens (including phenoxy) is 2. The molecule has 30 heavy (non-hydrogen) atoms. The first-order valence-electron chi connectivity index (χ1n) is 9.63. The molecule has 0 aliphatic carbocycles. The number of tetrazole rings is 1. The van der Waals surface area contributed by atoms with Crippen molar-refractivity contribution in [2.24, 2.45) is 7.05 Å². The van der Waals surface area contributed by atoms with Crippen molar-refractivity contribution in [3.05, 3.63) is 75.8 Å². The third kappa shape index (κ3) is 3.04. The zero-order chi connectivity index (χ0) is 20.7. The Labute approximate surface area is 172 Å². The largest absolute Gasteiger partial charge is 0.491 e. The molecule has 0 saturated heterocycles. The number of aromatic nitrogens is 6. The van der Waals surface area contributed by atoms with E-state index in [1.54, 1.807) is 17.8 Å². The monoisotopic (exact) mass is 404 g/mol. The molecule has 0 N–H and O–H groups in total. The first-order valence-corrected chi connectivity index (χ1v) is 9.63. The lowest BCUT2D eigenvalue weighted by Gasteiger charge is -2.12. The molecule has 4 aromatic rings. The summed E-state index contributed by atoms with van der Waals surface area (Å²) in [6, 6.07) is 13.5. The van der Waals surface area contributed by atoms with Crippen molar-refractivity contribution in [2.75, 3.05) is 6.61 Å². The van der Waals surface area contributed by atoms with Crippen LogP contribution in [0.3, 0.4) is 0 Å². The van der Waals surface area contributed by atoms with Gasteiger partial charge in [-0.1, -0.05) is 24.3 Å². The second-order valence-corrected chi connectivity index (χ2v) is 7.12. The average molecular weight is 404 g/mol. The van der Waals surface area contributed by atoms with Gasteiger partial charge < -0.3 is 9.47 Å². The lowest BCUT2D eigenvalue weighted by Crippen LogP contribution is -2.23. The van der Waals surface area contributed by atoms with Gasteiger partial charge in [-0.2, -0.15) is 9.36 Å². The molecule has 9 nitrogen and oxygen atoms in total. The SMILES string of the molecule is Cc1cccc(-n2nnn(C)c2=O)c1COc1ccn(-c2cccc3c2OCC3)n1. The molecule has 2 aromatic heterocycles. The number of fused-ring (bicyclic) bond motifs is 1. The average Bonchev–Trinajstić information content (AvgIpc) is 3.48. The zero-order valence-electron chi connectivity index (χ0n) is 16.6. The van der Waals surface area contributed by atoms with E-state index in [1.165, 1.54) is 14.9 Å². The molecule has 0 amide bonds. The Morgan fingerprint density at radius 2 is 1.93 bits per heavy atom. The van der Waals surface area contributed by atoms with E-state index < -0.39 is 0 Å². The Hall–Kier alpha value is -3.88. The predicted molar refractivity (Wildman–Crippen MR) is 108 cm³/mol. The van der Waals surface area contributed by atoms with E-state index in [2.05, 4.69) is 21.6 Å². The molecule has 2 aromatic carbocycles. The summed E-state index contributed by atoms with van der Waals surface area (Å²) >= 11 is 0. The van der Waals surface area contributed by atoms with Gasteiger partial charge in [0.15, 0.2) is 0 Å². The van der Waals surface area contributed by atoms with Crippen molar-refractivity contribution in [1.29, 1.82) is 0 Å². The third-order valence-corrected chi connectivity index (χ3v) is 5.20. The molecule has 9 heteroatoms. The van der Waals surface area contributed by atoms with Gasteiger partial charge in [-0.3, -0.25) is 0 Å². The van der Waals surface area contributed by atoms with Crippen molar-refractivity contribution in [3.63, 3.8) is 0 Å². The Kier molecular flexibility index (Phi) is 4.35. The summed E-state index contributed by atoms with van der Waals surface area (Å²) in [5.74, 6) is 1.35. The van der Waals surface area contributed by atoms with Crippen molar-refractivity contribution >= 4 is 0 Å². The van der Waals surface area contributed by atoms with E-state index in [1.807, 2.05) is 43.5 Å². The Morgan fingerprint density at radius 3 is 2.77 bits per heavy atom. The van der Waals surface area contributed by atoms with Crippen LogP contribution in [0.1, 0.15) is 16.7 Å². The number of rotatable bonds is 5. The minimum absolute atomic E-state index is 0.241. The summed E-state index contributed by atoms with van der Waals surface area (Å²) < 4.78 is 15.9. The highest BCUT2D eigenvalue weighted by atomic mass is 16.5. The molecule has 0 unspecified atom stereocenters. The summed E-state index contributed by atoms with van der Waals surface area (Å²) in [5.41, 5.74) is 4.23. The van der Waals surface area contributed by atoms with Gasteiger partial charge in [0, 0.05) is 31.3 Å². The van der Waals surface area contributed by atoms with Gasteiger partial charge in [0.25, 0.3) is 0 Å². The maximum Gasteiger partial charge on any atom is 0.368 e. The standard InChI is InChI=1S/C21H20N6O3/c1-14-5-3-7-17(27-21(28)25(2)23-24-27)16(14)13-30-19-9-11-26(22-19)18-8-4-6-15-10-12-29-20(15)18/h3-9,11H,10,12-13H2,1-2H3. The van der Waals surface area contributed by atoms with Crippen LogP contribution < -0.4 is 15.2 Å². The van der Waals surface area contributed by atoms with Crippen LogP contribution in [0.2, 0.25) is 0 Å². The van der Waals surface area contributed by atoms with E-state index >= 15 is 0 Å². The lowest BCUT2D eigenvalue weighted by atomic mass is 10.1. The Balaban J connectivity index is 1.42. The van der Waals surface area contributed by atoms with Crippen LogP contribution in [0, 0.1) is 6.92 Å². The Morgan fingerprint density at radius 1 is 1.10 bits per heavy atom. The normalized spacial score (nSPS) is 12.6.